The van der Waals surface area contributed by atoms with E-state index in [1.807, 2.05) is 6.08 Å². The first-order valence-electron chi connectivity index (χ1n) is 6.45. The van der Waals surface area contributed by atoms with Gasteiger partial charge in [-0.25, -0.2) is 0 Å². The van der Waals surface area contributed by atoms with Crippen molar-refractivity contribution in [2.75, 3.05) is 0 Å². The van der Waals surface area contributed by atoms with Crippen molar-refractivity contribution in [3.63, 3.8) is 0 Å². The van der Waals surface area contributed by atoms with E-state index in [4.69, 9.17) is 0 Å². The zero-order chi connectivity index (χ0) is 12.7. The molecule has 1 heteroatoms. The molecular weight excluding hydrogens is 191 g/mol. The third-order valence-corrected chi connectivity index (χ3v) is 3.47. The van der Waals surface area contributed by atoms with Crippen LogP contribution in [0.15, 0.2) is 34.9 Å². The molecule has 0 atom stereocenters. The second kappa shape index (κ2) is 7.54. The minimum atomic E-state index is 0.638. The Kier molecular flexibility index (Phi) is 7.20. The molecule has 0 unspecified atom stereocenters. The van der Waals surface area contributed by atoms with Crippen molar-refractivity contribution >= 4 is 7.28 Å². The van der Waals surface area contributed by atoms with Gasteiger partial charge in [-0.2, -0.15) is 0 Å². The summed E-state index contributed by atoms with van der Waals surface area (Å²) in [5, 5.41) is 0. The van der Waals surface area contributed by atoms with E-state index in [0.29, 0.717) is 5.92 Å². The van der Waals surface area contributed by atoms with Crippen molar-refractivity contribution in [1.82, 2.24) is 0 Å². The minimum absolute atomic E-state index is 0.638. The molecule has 0 heterocycles. The van der Waals surface area contributed by atoms with E-state index < -0.39 is 0 Å². The first kappa shape index (κ1) is 15.3. The Bertz CT molecular complexity index is 293. The van der Waals surface area contributed by atoms with Crippen LogP contribution in [0.4, 0.5) is 0 Å². The van der Waals surface area contributed by atoms with E-state index in [2.05, 4.69) is 48.0 Å². The predicted molar refractivity (Wildman–Crippen MR) is 78.5 cm³/mol. The topological polar surface area (TPSA) is 0 Å². The molecule has 0 nitrogen and oxygen atoms in total. The van der Waals surface area contributed by atoms with Crippen LogP contribution in [-0.4, -0.2) is 7.28 Å². The molecule has 0 radical (unpaired) electrons. The van der Waals surface area contributed by atoms with Gasteiger partial charge in [0.15, 0.2) is 0 Å². The van der Waals surface area contributed by atoms with Crippen molar-refractivity contribution in [2.24, 2.45) is 5.92 Å². The largest absolute Gasteiger partial charge is 0.117 e. The molecular formula is C15H27B. The van der Waals surface area contributed by atoms with Crippen LogP contribution in [-0.2, 0) is 0 Å². The van der Waals surface area contributed by atoms with Crippen LogP contribution in [0, 0.1) is 5.92 Å². The summed E-state index contributed by atoms with van der Waals surface area (Å²) in [6, 6.07) is 0. The molecule has 0 aliphatic carbocycles. The van der Waals surface area contributed by atoms with Gasteiger partial charge in [-0.05, 0) is 49.8 Å². The van der Waals surface area contributed by atoms with E-state index in [-0.39, 0.29) is 0 Å². The highest BCUT2D eigenvalue weighted by molar-refractivity contribution is 6.33. The zero-order valence-electron chi connectivity index (χ0n) is 12.0. The summed E-state index contributed by atoms with van der Waals surface area (Å²) in [6.07, 6.45) is 4.45. The lowest BCUT2D eigenvalue weighted by molar-refractivity contribution is 0.749. The van der Waals surface area contributed by atoms with Gasteiger partial charge in [0.2, 0.25) is 0 Å². The van der Waals surface area contributed by atoms with Crippen LogP contribution in [0.25, 0.3) is 0 Å². The van der Waals surface area contributed by atoms with Crippen molar-refractivity contribution in [1.29, 1.82) is 0 Å². The highest BCUT2D eigenvalue weighted by Gasteiger charge is 2.09. The second-order valence-electron chi connectivity index (χ2n) is 4.93. The van der Waals surface area contributed by atoms with Crippen molar-refractivity contribution in [3.8, 4) is 0 Å². The van der Waals surface area contributed by atoms with E-state index in [9.17, 15) is 0 Å². The summed E-state index contributed by atoms with van der Waals surface area (Å²) in [7, 11) is 1.26. The van der Waals surface area contributed by atoms with Crippen molar-refractivity contribution in [3.05, 3.63) is 34.9 Å². The Morgan fingerprint density at radius 2 is 1.81 bits per heavy atom. The van der Waals surface area contributed by atoms with Crippen LogP contribution in [0.1, 0.15) is 41.0 Å². The Labute approximate surface area is 103 Å². The monoisotopic (exact) mass is 218 g/mol. The molecule has 0 fully saturated rings. The van der Waals surface area contributed by atoms with Crippen LogP contribution in [0.2, 0.25) is 13.1 Å². The normalized spacial score (nSPS) is 14.4. The van der Waals surface area contributed by atoms with Crippen LogP contribution < -0.4 is 0 Å². The molecule has 0 saturated heterocycles. The van der Waals surface area contributed by atoms with E-state index in [1.165, 1.54) is 36.7 Å². The maximum atomic E-state index is 3.87. The second-order valence-corrected chi connectivity index (χ2v) is 4.93. The van der Waals surface area contributed by atoms with Gasteiger partial charge in [-0.15, -0.1) is 0 Å². The molecule has 0 N–H and O–H groups in total. The molecule has 0 aliphatic heterocycles. The molecule has 0 bridgehead atoms. The SMILES string of the molecule is C=C/C(C)=C(C)\C(CCBC)=C(/C)C(C)C. The number of hydrogen-bond acceptors (Lipinski definition) is 0. The molecule has 0 aromatic heterocycles. The Morgan fingerprint density at radius 1 is 1.25 bits per heavy atom. The lowest BCUT2D eigenvalue weighted by Gasteiger charge is -2.17. The number of hydrogen-bond donors (Lipinski definition) is 0. The average molecular weight is 218 g/mol. The van der Waals surface area contributed by atoms with Crippen LogP contribution in [0.3, 0.4) is 0 Å². The van der Waals surface area contributed by atoms with E-state index in [1.54, 1.807) is 5.57 Å². The Hall–Kier alpha value is -0.715. The zero-order valence-corrected chi connectivity index (χ0v) is 12.0. The quantitative estimate of drug-likeness (QED) is 0.444. The number of rotatable bonds is 6. The third-order valence-electron chi connectivity index (χ3n) is 3.47. The summed E-state index contributed by atoms with van der Waals surface area (Å²) in [6.45, 7) is 17.3. The molecule has 0 spiro atoms. The highest BCUT2D eigenvalue weighted by atomic mass is 14.1. The van der Waals surface area contributed by atoms with Crippen LogP contribution in [0.5, 0.6) is 0 Å². The van der Waals surface area contributed by atoms with Gasteiger partial charge in [-0.1, -0.05) is 45.2 Å². The van der Waals surface area contributed by atoms with Crippen molar-refractivity contribution in [2.45, 2.75) is 54.2 Å². The minimum Gasteiger partial charge on any atom is -0.0988 e. The molecule has 0 aromatic carbocycles. The summed E-state index contributed by atoms with van der Waals surface area (Å²) in [5.41, 5.74) is 5.82. The lowest BCUT2D eigenvalue weighted by atomic mass is 9.74. The molecule has 16 heavy (non-hydrogen) atoms. The molecule has 0 saturated carbocycles. The fourth-order valence-electron chi connectivity index (χ4n) is 1.77. The highest BCUT2D eigenvalue weighted by Crippen LogP contribution is 2.27. The van der Waals surface area contributed by atoms with Crippen LogP contribution >= 0.6 is 0 Å². The van der Waals surface area contributed by atoms with Gasteiger partial charge in [0, 0.05) is 0 Å². The van der Waals surface area contributed by atoms with Gasteiger partial charge in [0.1, 0.15) is 7.28 Å². The maximum absolute atomic E-state index is 3.87. The lowest BCUT2D eigenvalue weighted by Crippen LogP contribution is -2.00. The number of allylic oxidation sites excluding steroid dienone is 5. The van der Waals surface area contributed by atoms with Gasteiger partial charge >= 0.3 is 0 Å². The smallest absolute Gasteiger partial charge is 0.0988 e. The fraction of sp³-hybridized carbons (Fsp3) is 0.600. The molecule has 90 valence electrons. The molecule has 0 aromatic rings. The Morgan fingerprint density at radius 3 is 2.19 bits per heavy atom. The fourth-order valence-corrected chi connectivity index (χ4v) is 1.77. The van der Waals surface area contributed by atoms with Gasteiger partial charge in [-0.3, -0.25) is 0 Å². The predicted octanol–water partition coefficient (Wildman–Crippen LogP) is 4.77. The van der Waals surface area contributed by atoms with E-state index in [0.717, 1.165) is 0 Å². The first-order chi connectivity index (χ1) is 7.45. The average Bonchev–Trinajstić information content (AvgIpc) is 2.27. The summed E-state index contributed by atoms with van der Waals surface area (Å²) >= 11 is 0. The maximum Gasteiger partial charge on any atom is 0.117 e. The Balaban J connectivity index is 5.25. The first-order valence-corrected chi connectivity index (χ1v) is 6.45. The molecule has 0 rings (SSSR count). The van der Waals surface area contributed by atoms with Gasteiger partial charge in [0.05, 0.1) is 0 Å². The molecule has 0 amide bonds. The van der Waals surface area contributed by atoms with Gasteiger partial charge < -0.3 is 0 Å². The standard InChI is InChI=1S/C15H27B/c1-8-12(4)14(6)15(9-10-16-7)13(5)11(2)3/h8,11,16H,1,9-10H2,2-7H3/b14-12-,15-13+. The molecule has 0 aliphatic rings. The van der Waals surface area contributed by atoms with Crippen molar-refractivity contribution < 1.29 is 0 Å². The summed E-state index contributed by atoms with van der Waals surface area (Å²) in [5.74, 6) is 0.638. The summed E-state index contributed by atoms with van der Waals surface area (Å²) in [4.78, 5) is 0. The van der Waals surface area contributed by atoms with Gasteiger partial charge in [0.25, 0.3) is 0 Å². The third kappa shape index (κ3) is 4.43. The van der Waals surface area contributed by atoms with E-state index >= 15 is 0 Å². The summed E-state index contributed by atoms with van der Waals surface area (Å²) < 4.78 is 0.